The van der Waals surface area contributed by atoms with Gasteiger partial charge in [0.2, 0.25) is 11.7 Å². The number of aromatic hydroxyl groups is 1. The molecule has 1 atom stereocenters. The smallest absolute Gasteiger partial charge is 0.296 e. The van der Waals surface area contributed by atoms with E-state index < -0.39 is 23.5 Å². The second-order valence-electron chi connectivity index (χ2n) is 7.38. The van der Waals surface area contributed by atoms with Crippen LogP contribution < -0.4 is 9.64 Å². The molecule has 3 N–H and O–H groups in total. The monoisotopic (exact) mass is 445 g/mol. The number of carbonyl (C=O) groups is 2. The molecule has 3 heterocycles. The summed E-state index contributed by atoms with van der Waals surface area (Å²) in [4.78, 5) is 35.3. The zero-order valence-corrected chi connectivity index (χ0v) is 17.5. The van der Waals surface area contributed by atoms with Crippen molar-refractivity contribution in [2.75, 3.05) is 11.5 Å². The Balaban J connectivity index is 1.69. The number of ether oxygens (including phenoxy) is 1. The number of aliphatic hydroxyl groups is 1. The number of rotatable bonds is 6. The predicted molar refractivity (Wildman–Crippen MR) is 118 cm³/mol. The fourth-order valence-corrected chi connectivity index (χ4v) is 3.94. The number of furan rings is 1. The molecule has 0 saturated heterocycles. The number of aromatic nitrogens is 2. The molecule has 0 fully saturated rings. The summed E-state index contributed by atoms with van der Waals surface area (Å²) in [5, 5.41) is 20.9. The largest absolute Gasteiger partial charge is 0.504 e. The van der Waals surface area contributed by atoms with Crippen LogP contribution in [0.5, 0.6) is 11.5 Å². The van der Waals surface area contributed by atoms with Crippen molar-refractivity contribution in [2.45, 2.75) is 13.0 Å². The number of benzene rings is 2. The number of phenolic OH excluding ortho intramolecular Hbond substituents is 1. The highest BCUT2D eigenvalue weighted by atomic mass is 16.5. The van der Waals surface area contributed by atoms with E-state index in [4.69, 9.17) is 9.15 Å². The van der Waals surface area contributed by atoms with E-state index in [0.29, 0.717) is 23.2 Å². The van der Waals surface area contributed by atoms with Gasteiger partial charge in [0.25, 0.3) is 5.91 Å². The molecule has 0 saturated carbocycles. The van der Waals surface area contributed by atoms with Gasteiger partial charge in [-0.15, -0.1) is 0 Å². The number of nitrogens with zero attached hydrogens (tertiary/aromatic N) is 2. The molecule has 0 radical (unpaired) electrons. The van der Waals surface area contributed by atoms with Gasteiger partial charge >= 0.3 is 0 Å². The second kappa shape index (κ2) is 7.86. The number of aliphatic hydroxyl groups excluding tert-OH is 1. The number of carbonyl (C=O) groups excluding carboxylic acids is 2. The van der Waals surface area contributed by atoms with Crippen LogP contribution in [0.1, 0.15) is 29.1 Å². The van der Waals surface area contributed by atoms with Gasteiger partial charge in [-0.25, -0.2) is 4.98 Å². The van der Waals surface area contributed by atoms with Crippen LogP contribution in [0.15, 0.2) is 76.6 Å². The predicted octanol–water partition coefficient (Wildman–Crippen LogP) is 4.04. The first-order valence-electron chi connectivity index (χ1n) is 10.2. The molecule has 1 aliphatic heterocycles. The topological polar surface area (TPSA) is 129 Å². The maximum absolute atomic E-state index is 13.3. The number of hydrogen-bond acceptors (Lipinski definition) is 7. The van der Waals surface area contributed by atoms with Crippen molar-refractivity contribution < 1.29 is 29.0 Å². The minimum absolute atomic E-state index is 0.0235. The fraction of sp³-hybridized carbons (Fsp3) is 0.125. The van der Waals surface area contributed by atoms with Crippen molar-refractivity contribution in [3.8, 4) is 11.5 Å². The normalized spacial score (nSPS) is 16.1. The van der Waals surface area contributed by atoms with Gasteiger partial charge in [-0.3, -0.25) is 14.5 Å². The van der Waals surface area contributed by atoms with Gasteiger partial charge in [-0.05, 0) is 48.9 Å². The highest BCUT2D eigenvalue weighted by Crippen LogP contribution is 2.43. The molecule has 1 aliphatic rings. The number of aromatic amines is 1. The van der Waals surface area contributed by atoms with Gasteiger partial charge < -0.3 is 24.4 Å². The number of para-hydroxylation sites is 2. The molecule has 9 heteroatoms. The number of fused-ring (bicyclic) bond motifs is 1. The summed E-state index contributed by atoms with van der Waals surface area (Å²) in [6, 6.07) is 13.7. The molecule has 0 aliphatic carbocycles. The number of nitrogens with one attached hydrogen (secondary N) is 1. The van der Waals surface area contributed by atoms with Crippen molar-refractivity contribution in [3.63, 3.8) is 0 Å². The Labute approximate surface area is 187 Å². The number of H-pyrrole nitrogens is 1. The van der Waals surface area contributed by atoms with E-state index in [1.807, 2.05) is 12.1 Å². The molecule has 2 aromatic heterocycles. The average molecular weight is 445 g/mol. The lowest BCUT2D eigenvalue weighted by Gasteiger charge is -2.25. The maximum atomic E-state index is 13.3. The molecule has 0 spiro atoms. The summed E-state index contributed by atoms with van der Waals surface area (Å²) >= 11 is 0. The third-order valence-corrected chi connectivity index (χ3v) is 5.40. The third kappa shape index (κ3) is 3.30. The summed E-state index contributed by atoms with van der Waals surface area (Å²) in [6.45, 7) is 2.07. The number of phenols is 1. The van der Waals surface area contributed by atoms with Crippen LogP contribution in [0.2, 0.25) is 0 Å². The van der Waals surface area contributed by atoms with Crippen LogP contribution in [0.3, 0.4) is 0 Å². The minimum atomic E-state index is -1.05. The van der Waals surface area contributed by atoms with E-state index in [9.17, 15) is 19.8 Å². The van der Waals surface area contributed by atoms with Gasteiger partial charge in [0.15, 0.2) is 23.0 Å². The Hall–Kier alpha value is -4.53. The van der Waals surface area contributed by atoms with Crippen LogP contribution in [-0.2, 0) is 4.79 Å². The highest BCUT2D eigenvalue weighted by molar-refractivity contribution is 6.20. The van der Waals surface area contributed by atoms with E-state index in [2.05, 4.69) is 9.97 Å². The quantitative estimate of drug-likeness (QED) is 0.382. The van der Waals surface area contributed by atoms with Gasteiger partial charge in [0.05, 0.1) is 35.5 Å². The van der Waals surface area contributed by atoms with E-state index in [-0.39, 0.29) is 28.8 Å². The van der Waals surface area contributed by atoms with Crippen molar-refractivity contribution in [1.29, 1.82) is 0 Å². The molecule has 33 heavy (non-hydrogen) atoms. The lowest BCUT2D eigenvalue weighted by atomic mass is 9.95. The lowest BCUT2D eigenvalue weighted by Crippen LogP contribution is -2.32. The van der Waals surface area contributed by atoms with Gasteiger partial charge in [-0.2, -0.15) is 0 Å². The number of amides is 1. The molecule has 9 nitrogen and oxygen atoms in total. The number of hydrogen-bond donors (Lipinski definition) is 3. The highest BCUT2D eigenvalue weighted by Gasteiger charge is 2.46. The zero-order chi connectivity index (χ0) is 23.1. The molecule has 4 aromatic rings. The van der Waals surface area contributed by atoms with Crippen LogP contribution in [-0.4, -0.2) is 38.5 Å². The Morgan fingerprint density at radius 3 is 2.73 bits per heavy atom. The van der Waals surface area contributed by atoms with Crippen molar-refractivity contribution in [1.82, 2.24) is 9.97 Å². The summed E-state index contributed by atoms with van der Waals surface area (Å²) in [5.41, 5.74) is 1.57. The zero-order valence-electron chi connectivity index (χ0n) is 17.5. The molecule has 5 rings (SSSR count). The molecular weight excluding hydrogens is 426 g/mol. The Morgan fingerprint density at radius 2 is 2.00 bits per heavy atom. The van der Waals surface area contributed by atoms with Gasteiger partial charge in [0, 0.05) is 0 Å². The van der Waals surface area contributed by atoms with Gasteiger partial charge in [-0.1, -0.05) is 18.2 Å². The van der Waals surface area contributed by atoms with Crippen LogP contribution in [0.4, 0.5) is 5.95 Å². The third-order valence-electron chi connectivity index (χ3n) is 5.40. The molecule has 2 aromatic carbocycles. The van der Waals surface area contributed by atoms with Gasteiger partial charge in [0.1, 0.15) is 0 Å². The second-order valence-corrected chi connectivity index (χ2v) is 7.38. The first-order chi connectivity index (χ1) is 16.0. The molecule has 166 valence electrons. The maximum Gasteiger partial charge on any atom is 0.296 e. The number of ketones is 1. The number of imidazole rings is 1. The van der Waals surface area contributed by atoms with Crippen molar-refractivity contribution in [3.05, 3.63) is 83.5 Å². The lowest BCUT2D eigenvalue weighted by molar-refractivity contribution is -0.117. The van der Waals surface area contributed by atoms with E-state index in [1.165, 1.54) is 29.4 Å². The van der Waals surface area contributed by atoms with E-state index >= 15 is 0 Å². The molecule has 0 bridgehead atoms. The first kappa shape index (κ1) is 20.4. The Morgan fingerprint density at radius 1 is 1.18 bits per heavy atom. The Kier molecular flexibility index (Phi) is 4.86. The van der Waals surface area contributed by atoms with E-state index in [0.717, 1.165) is 0 Å². The molecule has 1 unspecified atom stereocenters. The Bertz CT molecular complexity index is 1370. The summed E-state index contributed by atoms with van der Waals surface area (Å²) < 4.78 is 10.7. The van der Waals surface area contributed by atoms with Crippen molar-refractivity contribution in [2.24, 2.45) is 0 Å². The number of Topliss-reactive ketones (excluding diaryl/α,β-unsaturated/α-hetero) is 1. The average Bonchev–Trinajstić information content (AvgIpc) is 3.54. The molecular formula is C24H19N3O6. The standard InChI is InChI=1S/C24H19N3O6/c1-2-32-18-12-13(9-10-16(18)28)20-19(21(29)17-8-5-11-33-17)22(30)23(31)27(20)24-25-14-6-3-4-7-15(14)26-24/h3-12,20,28,30H,2H2,1H3,(H,25,26). The summed E-state index contributed by atoms with van der Waals surface area (Å²) in [5.74, 6) is -1.90. The van der Waals surface area contributed by atoms with Crippen LogP contribution in [0.25, 0.3) is 11.0 Å². The SMILES string of the molecule is CCOc1cc(C2C(C(=O)c3ccco3)=C(O)C(=O)N2c2nc3ccccc3[nH]2)ccc1O. The number of anilines is 1. The van der Waals surface area contributed by atoms with E-state index in [1.54, 1.807) is 31.2 Å². The summed E-state index contributed by atoms with van der Waals surface area (Å²) in [6.07, 6.45) is 1.33. The van der Waals surface area contributed by atoms with Crippen LogP contribution >= 0.6 is 0 Å². The minimum Gasteiger partial charge on any atom is -0.504 e. The van der Waals surface area contributed by atoms with Crippen LogP contribution in [0, 0.1) is 0 Å². The fourth-order valence-electron chi connectivity index (χ4n) is 3.94. The summed E-state index contributed by atoms with van der Waals surface area (Å²) in [7, 11) is 0. The molecule has 1 amide bonds. The first-order valence-corrected chi connectivity index (χ1v) is 10.2. The van der Waals surface area contributed by atoms with Crippen molar-refractivity contribution >= 4 is 28.7 Å².